The highest BCUT2D eigenvalue weighted by Crippen LogP contribution is 2.20. The molecule has 5 heteroatoms. The topological polar surface area (TPSA) is 55.1 Å². The molecule has 3 nitrogen and oxygen atoms in total. The Morgan fingerprint density at radius 3 is 2.47 bits per heavy atom. The molecule has 1 saturated carbocycles. The highest BCUT2D eigenvalue weighted by Gasteiger charge is 2.20. The Morgan fingerprint density at radius 1 is 1.24 bits per heavy atom. The number of hydrogen-bond donors (Lipinski definition) is 2. The van der Waals surface area contributed by atoms with E-state index in [-0.39, 0.29) is 17.3 Å². The SMILES string of the molecule is Nc1cc(F)c(F)cc1C(=O)NC1CCCC1. The molecular weight excluding hydrogens is 226 g/mol. The number of nitrogens with one attached hydrogen (secondary N) is 1. The van der Waals surface area contributed by atoms with Crippen LogP contribution in [0, 0.1) is 11.6 Å². The Balaban J connectivity index is 2.15. The molecule has 2 rings (SSSR count). The van der Waals surface area contributed by atoms with Crippen LogP contribution in [0.25, 0.3) is 0 Å². The van der Waals surface area contributed by atoms with Crippen molar-refractivity contribution in [3.63, 3.8) is 0 Å². The molecule has 0 aliphatic heterocycles. The van der Waals surface area contributed by atoms with Gasteiger partial charge in [-0.05, 0) is 18.9 Å². The summed E-state index contributed by atoms with van der Waals surface area (Å²) in [4.78, 5) is 11.8. The van der Waals surface area contributed by atoms with Crippen molar-refractivity contribution in [2.45, 2.75) is 31.7 Å². The summed E-state index contributed by atoms with van der Waals surface area (Å²) >= 11 is 0. The number of carbonyl (C=O) groups excluding carboxylic acids is 1. The van der Waals surface area contributed by atoms with E-state index in [9.17, 15) is 13.6 Å². The Labute approximate surface area is 98.0 Å². The van der Waals surface area contributed by atoms with E-state index < -0.39 is 17.5 Å². The predicted octanol–water partition coefficient (Wildman–Crippen LogP) is 2.22. The van der Waals surface area contributed by atoms with Crippen LogP contribution in [0.15, 0.2) is 12.1 Å². The first kappa shape index (κ1) is 11.8. The van der Waals surface area contributed by atoms with Gasteiger partial charge >= 0.3 is 0 Å². The second-order valence-electron chi connectivity index (χ2n) is 4.31. The summed E-state index contributed by atoms with van der Waals surface area (Å²) in [5.74, 6) is -2.54. The maximum atomic E-state index is 13.0. The van der Waals surface area contributed by atoms with Gasteiger partial charge in [-0.25, -0.2) is 8.78 Å². The van der Waals surface area contributed by atoms with Crippen molar-refractivity contribution in [2.24, 2.45) is 0 Å². The largest absolute Gasteiger partial charge is 0.398 e. The van der Waals surface area contributed by atoms with E-state index in [1.165, 1.54) is 0 Å². The van der Waals surface area contributed by atoms with E-state index in [4.69, 9.17) is 5.73 Å². The van der Waals surface area contributed by atoms with Crippen LogP contribution in [-0.4, -0.2) is 11.9 Å². The average molecular weight is 240 g/mol. The van der Waals surface area contributed by atoms with Gasteiger partial charge in [0.25, 0.3) is 5.91 Å². The molecule has 0 heterocycles. The molecule has 1 aromatic rings. The molecule has 1 aliphatic rings. The summed E-state index contributed by atoms with van der Waals surface area (Å²) in [7, 11) is 0. The third-order valence-electron chi connectivity index (χ3n) is 3.03. The molecule has 1 aliphatic carbocycles. The Morgan fingerprint density at radius 2 is 1.82 bits per heavy atom. The molecule has 1 fully saturated rings. The zero-order valence-corrected chi connectivity index (χ0v) is 9.30. The number of anilines is 1. The van der Waals surface area contributed by atoms with Gasteiger partial charge in [-0.2, -0.15) is 0 Å². The first-order valence-electron chi connectivity index (χ1n) is 5.63. The fourth-order valence-electron chi connectivity index (χ4n) is 2.09. The molecule has 0 unspecified atom stereocenters. The smallest absolute Gasteiger partial charge is 0.253 e. The van der Waals surface area contributed by atoms with Crippen LogP contribution >= 0.6 is 0 Å². The van der Waals surface area contributed by atoms with Crippen molar-refractivity contribution >= 4 is 11.6 Å². The minimum Gasteiger partial charge on any atom is -0.398 e. The number of benzene rings is 1. The monoisotopic (exact) mass is 240 g/mol. The van der Waals surface area contributed by atoms with E-state index in [1.807, 2.05) is 0 Å². The quantitative estimate of drug-likeness (QED) is 0.779. The summed E-state index contributed by atoms with van der Waals surface area (Å²) in [5.41, 5.74) is 5.45. The molecule has 0 bridgehead atoms. The first-order valence-corrected chi connectivity index (χ1v) is 5.63. The number of nitrogen functional groups attached to an aromatic ring is 1. The van der Waals surface area contributed by atoms with Crippen molar-refractivity contribution in [1.82, 2.24) is 5.32 Å². The van der Waals surface area contributed by atoms with Gasteiger partial charge in [0.2, 0.25) is 0 Å². The summed E-state index contributed by atoms with van der Waals surface area (Å²) in [6.45, 7) is 0. The van der Waals surface area contributed by atoms with Gasteiger partial charge in [0, 0.05) is 17.8 Å². The van der Waals surface area contributed by atoms with Crippen LogP contribution in [0.4, 0.5) is 14.5 Å². The van der Waals surface area contributed by atoms with Gasteiger partial charge in [-0.3, -0.25) is 4.79 Å². The predicted molar refractivity (Wildman–Crippen MR) is 60.5 cm³/mol. The van der Waals surface area contributed by atoms with E-state index >= 15 is 0 Å². The molecule has 17 heavy (non-hydrogen) atoms. The van der Waals surface area contributed by atoms with Crippen LogP contribution in [0.1, 0.15) is 36.0 Å². The molecule has 1 amide bonds. The molecule has 1 aromatic carbocycles. The molecule has 3 N–H and O–H groups in total. The van der Waals surface area contributed by atoms with Crippen LogP contribution < -0.4 is 11.1 Å². The third kappa shape index (κ3) is 2.54. The number of amides is 1. The molecule has 0 radical (unpaired) electrons. The minimum absolute atomic E-state index is 0.00389. The van der Waals surface area contributed by atoms with Crippen molar-refractivity contribution in [3.8, 4) is 0 Å². The second kappa shape index (κ2) is 4.69. The number of hydrogen-bond acceptors (Lipinski definition) is 2. The maximum absolute atomic E-state index is 13.0. The highest BCUT2D eigenvalue weighted by atomic mass is 19.2. The van der Waals surface area contributed by atoms with Gasteiger partial charge in [-0.15, -0.1) is 0 Å². The molecular formula is C12H14F2N2O. The number of carbonyl (C=O) groups is 1. The van der Waals surface area contributed by atoms with Gasteiger partial charge < -0.3 is 11.1 Å². The lowest BCUT2D eigenvalue weighted by Crippen LogP contribution is -2.33. The minimum atomic E-state index is -1.06. The van der Waals surface area contributed by atoms with Crippen LogP contribution in [0.5, 0.6) is 0 Å². The van der Waals surface area contributed by atoms with Gasteiger partial charge in [-0.1, -0.05) is 12.8 Å². The van der Waals surface area contributed by atoms with E-state index in [0.717, 1.165) is 37.8 Å². The lowest BCUT2D eigenvalue weighted by molar-refractivity contribution is 0.0938. The summed E-state index contributed by atoms with van der Waals surface area (Å²) in [5, 5.41) is 2.77. The van der Waals surface area contributed by atoms with Crippen molar-refractivity contribution in [1.29, 1.82) is 0 Å². The lowest BCUT2D eigenvalue weighted by atomic mass is 10.1. The first-order chi connectivity index (χ1) is 8.08. The number of rotatable bonds is 2. The molecule has 0 atom stereocenters. The van der Waals surface area contributed by atoms with Crippen LogP contribution in [0.2, 0.25) is 0 Å². The molecule has 0 saturated heterocycles. The highest BCUT2D eigenvalue weighted by molar-refractivity contribution is 5.99. The van der Waals surface area contributed by atoms with Gasteiger partial charge in [0.15, 0.2) is 11.6 Å². The average Bonchev–Trinajstić information content (AvgIpc) is 2.76. The second-order valence-corrected chi connectivity index (χ2v) is 4.31. The normalized spacial score (nSPS) is 16.1. The Kier molecular flexibility index (Phi) is 3.26. The summed E-state index contributed by atoms with van der Waals surface area (Å²) < 4.78 is 25.9. The zero-order valence-electron chi connectivity index (χ0n) is 9.30. The molecule has 0 aromatic heterocycles. The molecule has 0 spiro atoms. The van der Waals surface area contributed by atoms with E-state index in [1.54, 1.807) is 0 Å². The summed E-state index contributed by atoms with van der Waals surface area (Å²) in [6.07, 6.45) is 4.01. The van der Waals surface area contributed by atoms with Crippen molar-refractivity contribution < 1.29 is 13.6 Å². The number of nitrogens with two attached hydrogens (primary N) is 1. The van der Waals surface area contributed by atoms with Crippen molar-refractivity contribution in [2.75, 3.05) is 5.73 Å². The zero-order chi connectivity index (χ0) is 12.4. The fraction of sp³-hybridized carbons (Fsp3) is 0.417. The van der Waals surface area contributed by atoms with E-state index in [0.29, 0.717) is 0 Å². The van der Waals surface area contributed by atoms with Gasteiger partial charge in [0.1, 0.15) is 0 Å². The van der Waals surface area contributed by atoms with Crippen LogP contribution in [0.3, 0.4) is 0 Å². The standard InChI is InChI=1S/C12H14F2N2O/c13-9-5-8(11(15)6-10(9)14)12(17)16-7-3-1-2-4-7/h5-7H,1-4,15H2,(H,16,17). The van der Waals surface area contributed by atoms with Crippen molar-refractivity contribution in [3.05, 3.63) is 29.3 Å². The third-order valence-corrected chi connectivity index (χ3v) is 3.03. The Bertz CT molecular complexity index is 442. The Hall–Kier alpha value is -1.65. The maximum Gasteiger partial charge on any atom is 0.253 e. The van der Waals surface area contributed by atoms with Gasteiger partial charge in [0.05, 0.1) is 5.56 Å². The fourth-order valence-corrected chi connectivity index (χ4v) is 2.09. The number of halogens is 2. The molecule has 92 valence electrons. The summed E-state index contributed by atoms with van der Waals surface area (Å²) in [6, 6.07) is 1.79. The van der Waals surface area contributed by atoms with Crippen LogP contribution in [-0.2, 0) is 0 Å². The van der Waals surface area contributed by atoms with E-state index in [2.05, 4.69) is 5.32 Å². The lowest BCUT2D eigenvalue weighted by Gasteiger charge is -2.13.